The first kappa shape index (κ1) is 33.6. The molecule has 3 aliphatic rings. The van der Waals surface area contributed by atoms with Gasteiger partial charge in [0.05, 0.1) is 0 Å². The van der Waals surface area contributed by atoms with Gasteiger partial charge in [-0.3, -0.25) is 0 Å². The van der Waals surface area contributed by atoms with Crippen molar-refractivity contribution in [3.63, 3.8) is 0 Å². The molecule has 0 amide bonds. The predicted molar refractivity (Wildman–Crippen MR) is 229 cm³/mol. The van der Waals surface area contributed by atoms with Gasteiger partial charge in [-0.15, -0.1) is 0 Å². The Morgan fingerprint density at radius 2 is 1.13 bits per heavy atom. The Labute approximate surface area is 316 Å². The molecule has 0 unspecified atom stereocenters. The average Bonchev–Trinajstić information content (AvgIpc) is 3.59. The molecule has 0 saturated carbocycles. The van der Waals surface area contributed by atoms with Gasteiger partial charge in [0.2, 0.25) is 6.71 Å². The van der Waals surface area contributed by atoms with Gasteiger partial charge in [-0.25, -0.2) is 0 Å². The molecule has 0 saturated heterocycles. The number of hydrogen-bond acceptors (Lipinski definition) is 2. The lowest BCUT2D eigenvalue weighted by molar-refractivity contribution is 0.590. The minimum absolute atomic E-state index is 0.0757. The van der Waals surface area contributed by atoms with Crippen LogP contribution in [0, 0.1) is 6.92 Å². The highest BCUT2D eigenvalue weighted by Gasteiger charge is 2.52. The van der Waals surface area contributed by atoms with Gasteiger partial charge in [-0.1, -0.05) is 140 Å². The van der Waals surface area contributed by atoms with E-state index in [4.69, 9.17) is 0 Å². The molecule has 9 rings (SSSR count). The summed E-state index contributed by atoms with van der Waals surface area (Å²) in [6, 6.07) is 50.6. The largest absolute Gasteiger partial charge is 0.311 e. The van der Waals surface area contributed by atoms with E-state index in [9.17, 15) is 0 Å². The molecule has 262 valence electrons. The molecule has 0 atom stereocenters. The molecule has 3 heteroatoms. The van der Waals surface area contributed by atoms with Crippen LogP contribution in [-0.2, 0) is 16.2 Å². The summed E-state index contributed by atoms with van der Waals surface area (Å²) >= 11 is 0. The fourth-order valence-electron chi connectivity index (χ4n) is 9.34. The molecule has 6 aromatic carbocycles. The Balaban J connectivity index is 1.29. The predicted octanol–water partition coefficient (Wildman–Crippen LogP) is 12.2. The van der Waals surface area contributed by atoms with Gasteiger partial charge in [-0.05, 0) is 122 Å². The van der Waals surface area contributed by atoms with E-state index in [1.54, 1.807) is 0 Å². The number of anilines is 6. The first-order valence-corrected chi connectivity index (χ1v) is 19.2. The summed E-state index contributed by atoms with van der Waals surface area (Å²) in [5.74, 6) is 0. The van der Waals surface area contributed by atoms with Crippen LogP contribution in [0.15, 0.2) is 133 Å². The molecule has 1 aliphatic carbocycles. The van der Waals surface area contributed by atoms with Gasteiger partial charge in [0.25, 0.3) is 0 Å². The zero-order valence-electron chi connectivity index (χ0n) is 32.7. The van der Waals surface area contributed by atoms with Crippen molar-refractivity contribution in [2.75, 3.05) is 9.80 Å². The van der Waals surface area contributed by atoms with Crippen LogP contribution < -0.4 is 20.7 Å². The lowest BCUT2D eigenvalue weighted by Crippen LogP contribution is -2.50. The highest BCUT2D eigenvalue weighted by molar-refractivity contribution is 7.05. The fourth-order valence-corrected chi connectivity index (χ4v) is 9.34. The van der Waals surface area contributed by atoms with Crippen molar-refractivity contribution >= 4 is 62.8 Å². The van der Waals surface area contributed by atoms with E-state index in [0.717, 1.165) is 17.1 Å². The van der Waals surface area contributed by atoms with Gasteiger partial charge in [-0.2, -0.15) is 0 Å². The van der Waals surface area contributed by atoms with Crippen LogP contribution >= 0.6 is 0 Å². The van der Waals surface area contributed by atoms with E-state index in [-0.39, 0.29) is 23.0 Å². The third-order valence-corrected chi connectivity index (χ3v) is 12.0. The summed E-state index contributed by atoms with van der Waals surface area (Å²) < 4.78 is 0. The van der Waals surface area contributed by atoms with E-state index < -0.39 is 0 Å². The number of nitrogens with zero attached hydrogens (tertiary/aromatic N) is 2. The number of allylic oxidation sites excluding steroid dienone is 1. The van der Waals surface area contributed by atoms with Crippen molar-refractivity contribution < 1.29 is 0 Å². The van der Waals surface area contributed by atoms with Crippen LogP contribution in [-0.4, -0.2) is 6.71 Å². The Hall–Kier alpha value is -5.28. The van der Waals surface area contributed by atoms with Crippen LogP contribution in [0.1, 0.15) is 88.8 Å². The molecule has 0 radical (unpaired) electrons. The SMILES string of the molecule is Cc1cc2c3c(c1)N(c1ccccc1)c1cc(N(c4ccc(C(C)(C)C)cc4)c4ccc(C(C)(C)C)cc4)ccc1B3C1=C2C(C)(C)c2ccccc21. The third-order valence-electron chi connectivity index (χ3n) is 12.0. The summed E-state index contributed by atoms with van der Waals surface area (Å²) in [5, 5.41) is 0. The maximum Gasteiger partial charge on any atom is 0.248 e. The summed E-state index contributed by atoms with van der Waals surface area (Å²) in [6.45, 7) is 21.0. The number of para-hydroxylation sites is 1. The van der Waals surface area contributed by atoms with Gasteiger partial charge < -0.3 is 9.80 Å². The van der Waals surface area contributed by atoms with Crippen molar-refractivity contribution in [2.45, 2.75) is 78.6 Å². The summed E-state index contributed by atoms with van der Waals surface area (Å²) in [5.41, 5.74) is 21.2. The summed E-state index contributed by atoms with van der Waals surface area (Å²) in [4.78, 5) is 4.97. The zero-order valence-corrected chi connectivity index (χ0v) is 32.7. The molecule has 53 heavy (non-hydrogen) atoms. The summed E-state index contributed by atoms with van der Waals surface area (Å²) in [6.07, 6.45) is 0. The summed E-state index contributed by atoms with van der Waals surface area (Å²) in [7, 11) is 0. The van der Waals surface area contributed by atoms with Gasteiger partial charge in [0.15, 0.2) is 0 Å². The molecule has 0 spiro atoms. The van der Waals surface area contributed by atoms with E-state index in [2.05, 4.69) is 206 Å². The molecular weight excluding hydrogens is 639 g/mol. The lowest BCUT2D eigenvalue weighted by Gasteiger charge is -2.38. The monoisotopic (exact) mass is 688 g/mol. The van der Waals surface area contributed by atoms with Crippen molar-refractivity contribution in [2.24, 2.45) is 0 Å². The second kappa shape index (κ2) is 11.6. The average molecular weight is 689 g/mol. The highest BCUT2D eigenvalue weighted by atomic mass is 15.2. The number of benzene rings is 6. The molecule has 0 fully saturated rings. The molecule has 2 aliphatic heterocycles. The Kier molecular flexibility index (Phi) is 7.35. The van der Waals surface area contributed by atoms with Crippen molar-refractivity contribution in [3.05, 3.63) is 167 Å². The van der Waals surface area contributed by atoms with Crippen molar-refractivity contribution in [3.8, 4) is 0 Å². The van der Waals surface area contributed by atoms with Crippen LogP contribution in [0.5, 0.6) is 0 Å². The lowest BCUT2D eigenvalue weighted by atomic mass is 9.35. The van der Waals surface area contributed by atoms with Gasteiger partial charge in [0.1, 0.15) is 0 Å². The van der Waals surface area contributed by atoms with Crippen LogP contribution in [0.3, 0.4) is 0 Å². The number of rotatable bonds is 4. The number of hydrogen-bond donors (Lipinski definition) is 0. The number of aryl methyl sites for hydroxylation is 1. The van der Waals surface area contributed by atoms with Gasteiger partial charge in [0, 0.05) is 39.5 Å². The topological polar surface area (TPSA) is 6.48 Å². The van der Waals surface area contributed by atoms with Crippen LogP contribution in [0.25, 0.3) is 11.0 Å². The zero-order chi connectivity index (χ0) is 37.0. The van der Waals surface area contributed by atoms with E-state index in [0.29, 0.717) is 0 Å². The van der Waals surface area contributed by atoms with E-state index in [1.165, 1.54) is 72.4 Å². The normalized spacial score (nSPS) is 15.3. The van der Waals surface area contributed by atoms with Crippen molar-refractivity contribution in [1.29, 1.82) is 0 Å². The van der Waals surface area contributed by atoms with E-state index >= 15 is 0 Å². The molecule has 0 aromatic heterocycles. The van der Waals surface area contributed by atoms with Gasteiger partial charge >= 0.3 is 0 Å². The number of fused-ring (bicyclic) bond motifs is 6. The first-order chi connectivity index (χ1) is 25.2. The van der Waals surface area contributed by atoms with Crippen LogP contribution in [0.4, 0.5) is 34.1 Å². The molecule has 2 heterocycles. The third kappa shape index (κ3) is 5.15. The first-order valence-electron chi connectivity index (χ1n) is 19.2. The second-order valence-electron chi connectivity index (χ2n) is 18.0. The molecule has 2 nitrogen and oxygen atoms in total. The molecular formula is C50H49BN2. The smallest absolute Gasteiger partial charge is 0.248 e. The fraction of sp³-hybridized carbons (Fsp3) is 0.240. The Morgan fingerprint density at radius 3 is 1.74 bits per heavy atom. The van der Waals surface area contributed by atoms with Crippen LogP contribution in [0.2, 0.25) is 0 Å². The highest BCUT2D eigenvalue weighted by Crippen LogP contribution is 2.57. The maximum absolute atomic E-state index is 2.53. The van der Waals surface area contributed by atoms with Crippen molar-refractivity contribution in [1.82, 2.24) is 0 Å². The van der Waals surface area contributed by atoms with E-state index in [1.807, 2.05) is 0 Å². The molecule has 6 aromatic rings. The Bertz CT molecular complexity index is 2380. The minimum atomic E-state index is -0.0856. The quantitative estimate of drug-likeness (QED) is 0.170. The minimum Gasteiger partial charge on any atom is -0.311 e. The second-order valence-corrected chi connectivity index (χ2v) is 18.0. The molecule has 0 N–H and O–H groups in total. The Morgan fingerprint density at radius 1 is 0.566 bits per heavy atom. The molecule has 0 bridgehead atoms. The maximum atomic E-state index is 2.53. The standard InChI is InChI=1S/C50H49BN2/c1-32-29-40-45-47(39-17-13-14-18-41(39)50(45,8)9)51-42-28-27-38(31-43(42)53(44(30-32)46(40)51)35-15-11-10-12-16-35)52(36-23-19-33(20-24-36)48(2,3)4)37-25-21-34(22-26-37)49(5,6)7/h10-31H,1-9H3.